The van der Waals surface area contributed by atoms with Gasteiger partial charge in [-0.3, -0.25) is 14.7 Å². The molecule has 4 aromatic rings. The van der Waals surface area contributed by atoms with E-state index in [4.69, 9.17) is 4.42 Å². The lowest BCUT2D eigenvalue weighted by Gasteiger charge is -2.11. The van der Waals surface area contributed by atoms with E-state index in [9.17, 15) is 14.0 Å². The third-order valence-corrected chi connectivity index (χ3v) is 4.56. The van der Waals surface area contributed by atoms with Gasteiger partial charge in [0, 0.05) is 11.3 Å². The van der Waals surface area contributed by atoms with Crippen molar-refractivity contribution in [1.82, 2.24) is 20.5 Å². The first-order valence-corrected chi connectivity index (χ1v) is 9.41. The van der Waals surface area contributed by atoms with Crippen LogP contribution in [0.25, 0.3) is 11.6 Å². The molecule has 0 saturated carbocycles. The maximum absolute atomic E-state index is 13.9. The summed E-state index contributed by atoms with van der Waals surface area (Å²) >= 11 is 0. The van der Waals surface area contributed by atoms with Crippen LogP contribution in [0.1, 0.15) is 32.1 Å². The molecule has 156 valence electrons. The Morgan fingerprint density at radius 1 is 1.10 bits per heavy atom. The first-order valence-electron chi connectivity index (χ1n) is 9.41. The van der Waals surface area contributed by atoms with E-state index in [-0.39, 0.29) is 18.0 Å². The number of anilines is 1. The molecule has 2 aromatic heterocycles. The highest BCUT2D eigenvalue weighted by atomic mass is 19.1. The number of aromatic nitrogens is 3. The second-order valence-corrected chi connectivity index (χ2v) is 6.73. The van der Waals surface area contributed by atoms with Gasteiger partial charge in [-0.15, -0.1) is 5.10 Å². The van der Waals surface area contributed by atoms with E-state index in [1.807, 2.05) is 0 Å². The molecule has 0 saturated heterocycles. The predicted octanol–water partition coefficient (Wildman–Crippen LogP) is 3.69. The Labute approximate surface area is 176 Å². The van der Waals surface area contributed by atoms with E-state index in [0.29, 0.717) is 28.7 Å². The number of nitrogens with zero attached hydrogens (tertiary/aromatic N) is 2. The summed E-state index contributed by atoms with van der Waals surface area (Å²) in [5.74, 6) is -0.207. The highest BCUT2D eigenvalue weighted by Crippen LogP contribution is 2.19. The smallest absolute Gasteiger partial charge is 0.258 e. The van der Waals surface area contributed by atoms with Gasteiger partial charge in [0.05, 0.1) is 18.4 Å². The molecule has 0 spiro atoms. The number of hydrogen-bond acceptors (Lipinski definition) is 5. The fourth-order valence-corrected chi connectivity index (χ4v) is 2.89. The fraction of sp³-hybridized carbons (Fsp3) is 0.0909. The molecular weight excluding hydrogens is 401 g/mol. The van der Waals surface area contributed by atoms with Crippen LogP contribution in [0.15, 0.2) is 65.3 Å². The SMILES string of the molecule is Cc1ccc(C(=O)NCc2nc(-c3ccco3)n[nH]2)cc1NC(=O)c1ccccc1F. The van der Waals surface area contributed by atoms with Gasteiger partial charge in [0.2, 0.25) is 5.82 Å². The Kier molecular flexibility index (Phi) is 5.57. The summed E-state index contributed by atoms with van der Waals surface area (Å²) in [4.78, 5) is 29.2. The monoisotopic (exact) mass is 419 g/mol. The molecule has 4 rings (SSSR count). The number of H-pyrrole nitrogens is 1. The number of rotatable bonds is 6. The van der Waals surface area contributed by atoms with Crippen LogP contribution in [0.5, 0.6) is 0 Å². The molecule has 0 aliphatic carbocycles. The van der Waals surface area contributed by atoms with E-state index >= 15 is 0 Å². The van der Waals surface area contributed by atoms with Gasteiger partial charge in [-0.05, 0) is 48.9 Å². The maximum Gasteiger partial charge on any atom is 0.258 e. The average molecular weight is 419 g/mol. The van der Waals surface area contributed by atoms with Crippen molar-refractivity contribution in [2.24, 2.45) is 0 Å². The van der Waals surface area contributed by atoms with Crippen LogP contribution >= 0.6 is 0 Å². The summed E-state index contributed by atoms with van der Waals surface area (Å²) in [6, 6.07) is 14.0. The molecule has 2 amide bonds. The highest BCUT2D eigenvalue weighted by molar-refractivity contribution is 6.05. The zero-order valence-electron chi connectivity index (χ0n) is 16.5. The van der Waals surface area contributed by atoms with Crippen LogP contribution in [0.4, 0.5) is 10.1 Å². The first kappa shape index (κ1) is 20.0. The minimum Gasteiger partial charge on any atom is -0.461 e. The molecule has 2 heterocycles. The van der Waals surface area contributed by atoms with E-state index in [1.165, 1.54) is 30.5 Å². The molecule has 31 heavy (non-hydrogen) atoms. The van der Waals surface area contributed by atoms with Crippen molar-refractivity contribution in [3.63, 3.8) is 0 Å². The number of carbonyl (C=O) groups excluding carboxylic acids is 2. The molecule has 0 unspecified atom stereocenters. The fourth-order valence-electron chi connectivity index (χ4n) is 2.89. The van der Waals surface area contributed by atoms with E-state index in [0.717, 1.165) is 5.56 Å². The maximum atomic E-state index is 13.9. The van der Waals surface area contributed by atoms with Crippen LogP contribution in [-0.2, 0) is 6.54 Å². The van der Waals surface area contributed by atoms with Crippen molar-refractivity contribution in [2.45, 2.75) is 13.5 Å². The summed E-state index contributed by atoms with van der Waals surface area (Å²) in [5.41, 5.74) is 1.41. The number of carbonyl (C=O) groups is 2. The van der Waals surface area contributed by atoms with Crippen molar-refractivity contribution in [3.05, 3.63) is 89.2 Å². The Balaban J connectivity index is 1.43. The van der Waals surface area contributed by atoms with Gasteiger partial charge in [-0.1, -0.05) is 18.2 Å². The largest absolute Gasteiger partial charge is 0.461 e. The molecule has 0 bridgehead atoms. The van der Waals surface area contributed by atoms with Crippen LogP contribution in [0.2, 0.25) is 0 Å². The summed E-state index contributed by atoms with van der Waals surface area (Å²) in [6.07, 6.45) is 1.52. The number of hydrogen-bond donors (Lipinski definition) is 3. The number of aryl methyl sites for hydroxylation is 1. The normalized spacial score (nSPS) is 10.6. The topological polar surface area (TPSA) is 113 Å². The van der Waals surface area contributed by atoms with Crippen LogP contribution in [0.3, 0.4) is 0 Å². The zero-order chi connectivity index (χ0) is 21.8. The minimum absolute atomic E-state index is 0.0746. The standard InChI is InChI=1S/C22H18FN5O3/c1-13-8-9-14(11-17(13)25-22(30)15-5-2-3-6-16(15)23)21(29)24-12-19-26-20(28-27-19)18-7-4-10-31-18/h2-11H,12H2,1H3,(H,24,29)(H,25,30)(H,26,27,28). The van der Waals surface area contributed by atoms with E-state index in [2.05, 4.69) is 25.8 Å². The number of halogens is 1. The van der Waals surface area contributed by atoms with Gasteiger partial charge in [0.25, 0.3) is 11.8 Å². The molecule has 0 aliphatic heterocycles. The third kappa shape index (κ3) is 4.50. The van der Waals surface area contributed by atoms with Crippen LogP contribution in [0, 0.1) is 12.7 Å². The Morgan fingerprint density at radius 2 is 1.94 bits per heavy atom. The molecule has 0 radical (unpaired) electrons. The second kappa shape index (κ2) is 8.62. The summed E-state index contributed by atoms with van der Waals surface area (Å²) in [6.45, 7) is 1.90. The highest BCUT2D eigenvalue weighted by Gasteiger charge is 2.15. The molecule has 3 N–H and O–H groups in total. The molecule has 0 fully saturated rings. The van der Waals surface area contributed by atoms with Crippen LogP contribution in [-0.4, -0.2) is 27.0 Å². The number of furan rings is 1. The minimum atomic E-state index is -0.618. The molecular formula is C22H18FN5O3. The van der Waals surface area contributed by atoms with Crippen molar-refractivity contribution >= 4 is 17.5 Å². The lowest BCUT2D eigenvalue weighted by atomic mass is 10.1. The lowest BCUT2D eigenvalue weighted by Crippen LogP contribution is -2.24. The van der Waals surface area contributed by atoms with Gasteiger partial charge in [-0.25, -0.2) is 9.37 Å². The molecule has 9 heteroatoms. The van der Waals surface area contributed by atoms with Gasteiger partial charge in [0.15, 0.2) is 5.76 Å². The van der Waals surface area contributed by atoms with Crippen molar-refractivity contribution in [1.29, 1.82) is 0 Å². The summed E-state index contributed by atoms with van der Waals surface area (Å²) < 4.78 is 19.1. The molecule has 0 aliphatic rings. The number of aromatic amines is 1. The zero-order valence-corrected chi connectivity index (χ0v) is 16.5. The Morgan fingerprint density at radius 3 is 2.71 bits per heavy atom. The summed E-state index contributed by atoms with van der Waals surface area (Å²) in [5, 5.41) is 12.2. The summed E-state index contributed by atoms with van der Waals surface area (Å²) in [7, 11) is 0. The molecule has 8 nitrogen and oxygen atoms in total. The van der Waals surface area contributed by atoms with E-state index in [1.54, 1.807) is 37.3 Å². The number of nitrogens with one attached hydrogen (secondary N) is 3. The first-order chi connectivity index (χ1) is 15.0. The second-order valence-electron chi connectivity index (χ2n) is 6.73. The van der Waals surface area contributed by atoms with Gasteiger partial charge in [-0.2, -0.15) is 0 Å². The Bertz CT molecular complexity index is 1230. The van der Waals surface area contributed by atoms with Crippen molar-refractivity contribution in [2.75, 3.05) is 5.32 Å². The van der Waals surface area contributed by atoms with Gasteiger partial charge >= 0.3 is 0 Å². The molecule has 2 aromatic carbocycles. The van der Waals surface area contributed by atoms with Gasteiger partial charge in [0.1, 0.15) is 11.6 Å². The quantitative estimate of drug-likeness (QED) is 0.441. The number of amides is 2. The average Bonchev–Trinajstić information content (AvgIpc) is 3.45. The number of benzene rings is 2. The molecule has 0 atom stereocenters. The Hall–Kier alpha value is -4.27. The third-order valence-electron chi connectivity index (χ3n) is 4.56. The van der Waals surface area contributed by atoms with Crippen molar-refractivity contribution < 1.29 is 18.4 Å². The lowest BCUT2D eigenvalue weighted by molar-refractivity contribution is 0.0948. The van der Waals surface area contributed by atoms with E-state index < -0.39 is 11.7 Å². The van der Waals surface area contributed by atoms with Crippen molar-refractivity contribution in [3.8, 4) is 11.6 Å². The van der Waals surface area contributed by atoms with Crippen LogP contribution < -0.4 is 10.6 Å². The predicted molar refractivity (Wildman–Crippen MR) is 111 cm³/mol. The van der Waals surface area contributed by atoms with Gasteiger partial charge < -0.3 is 15.1 Å².